The Morgan fingerprint density at radius 1 is 1.06 bits per heavy atom. The summed E-state index contributed by atoms with van der Waals surface area (Å²) in [6.45, 7) is 1.60. The van der Waals surface area contributed by atoms with E-state index in [0.717, 1.165) is 28.3 Å². The molecule has 0 amide bonds. The van der Waals surface area contributed by atoms with Gasteiger partial charge in [0.2, 0.25) is 0 Å². The second-order valence-corrected chi connectivity index (χ2v) is 4.46. The number of benzene rings is 2. The number of ketones is 1. The van der Waals surface area contributed by atoms with E-state index in [1.54, 1.807) is 6.92 Å². The third-order valence-corrected chi connectivity index (χ3v) is 3.31. The molecule has 0 bridgehead atoms. The normalized spacial score (nSPS) is 12.4. The second-order valence-electron chi connectivity index (χ2n) is 4.46. The highest BCUT2D eigenvalue weighted by Crippen LogP contribution is 2.43. The molecule has 90 valence electrons. The zero-order valence-corrected chi connectivity index (χ0v) is 10.4. The topological polar surface area (TPSA) is 32.3 Å². The van der Waals surface area contributed by atoms with Crippen molar-refractivity contribution in [3.05, 3.63) is 48.0 Å². The maximum absolute atomic E-state index is 11.7. The molecule has 3 nitrogen and oxygen atoms in total. The smallest absolute Gasteiger partial charge is 0.161 e. The van der Waals surface area contributed by atoms with Gasteiger partial charge in [-0.1, -0.05) is 18.2 Å². The highest BCUT2D eigenvalue weighted by Gasteiger charge is 2.22. The van der Waals surface area contributed by atoms with Crippen molar-refractivity contribution < 1.29 is 4.79 Å². The van der Waals surface area contributed by atoms with E-state index in [4.69, 9.17) is 0 Å². The van der Waals surface area contributed by atoms with Gasteiger partial charge in [-0.25, -0.2) is 0 Å². The Hall–Kier alpha value is -2.29. The SMILES string of the molecule is CC(=O)c1cccc2c1Nc1ccccc1N2C. The van der Waals surface area contributed by atoms with Crippen molar-refractivity contribution in [1.82, 2.24) is 0 Å². The molecule has 2 aromatic carbocycles. The first kappa shape index (κ1) is 10.8. The van der Waals surface area contributed by atoms with Gasteiger partial charge < -0.3 is 10.2 Å². The van der Waals surface area contributed by atoms with Gasteiger partial charge in [0.15, 0.2) is 5.78 Å². The Bertz CT molecular complexity index is 634. The molecule has 0 aromatic heterocycles. The summed E-state index contributed by atoms with van der Waals surface area (Å²) in [5.74, 6) is 0.0760. The third-order valence-electron chi connectivity index (χ3n) is 3.31. The molecule has 18 heavy (non-hydrogen) atoms. The minimum absolute atomic E-state index is 0.0760. The molecule has 0 aliphatic carbocycles. The number of carbonyl (C=O) groups excluding carboxylic acids is 1. The largest absolute Gasteiger partial charge is 0.352 e. The average molecular weight is 238 g/mol. The highest BCUT2D eigenvalue weighted by atomic mass is 16.1. The lowest BCUT2D eigenvalue weighted by atomic mass is 10.0. The molecule has 0 unspecified atom stereocenters. The maximum Gasteiger partial charge on any atom is 0.161 e. The summed E-state index contributed by atoms with van der Waals surface area (Å²) in [6, 6.07) is 13.9. The van der Waals surface area contributed by atoms with Gasteiger partial charge in [-0.15, -0.1) is 0 Å². The van der Waals surface area contributed by atoms with Crippen LogP contribution in [0.1, 0.15) is 17.3 Å². The number of nitrogens with one attached hydrogen (secondary N) is 1. The molecule has 2 aromatic rings. The van der Waals surface area contributed by atoms with E-state index < -0.39 is 0 Å². The summed E-state index contributed by atoms with van der Waals surface area (Å²) in [7, 11) is 2.02. The average Bonchev–Trinajstić information content (AvgIpc) is 2.38. The van der Waals surface area contributed by atoms with E-state index in [1.165, 1.54) is 0 Å². The number of carbonyl (C=O) groups is 1. The number of Topliss-reactive ketones (excluding diaryl/α,β-unsaturated/α-hetero) is 1. The fourth-order valence-corrected chi connectivity index (χ4v) is 2.38. The van der Waals surface area contributed by atoms with Gasteiger partial charge in [-0.05, 0) is 31.2 Å². The molecule has 1 N–H and O–H groups in total. The summed E-state index contributed by atoms with van der Waals surface area (Å²) in [5, 5.41) is 3.36. The number of hydrogen-bond acceptors (Lipinski definition) is 3. The molecule has 0 saturated heterocycles. The first-order valence-electron chi connectivity index (χ1n) is 5.92. The first-order valence-corrected chi connectivity index (χ1v) is 5.92. The molecule has 3 heteroatoms. The third kappa shape index (κ3) is 1.48. The molecule has 0 saturated carbocycles. The summed E-state index contributed by atoms with van der Waals surface area (Å²) in [4.78, 5) is 13.8. The van der Waals surface area contributed by atoms with Crippen molar-refractivity contribution in [3.8, 4) is 0 Å². The zero-order chi connectivity index (χ0) is 12.7. The van der Waals surface area contributed by atoms with Crippen LogP contribution in [-0.4, -0.2) is 12.8 Å². The summed E-state index contributed by atoms with van der Waals surface area (Å²) in [6.07, 6.45) is 0. The highest BCUT2D eigenvalue weighted by molar-refractivity contribution is 6.06. The van der Waals surface area contributed by atoms with Crippen LogP contribution in [0.3, 0.4) is 0 Å². The van der Waals surface area contributed by atoms with Crippen molar-refractivity contribution >= 4 is 28.5 Å². The van der Waals surface area contributed by atoms with Crippen LogP contribution in [0.4, 0.5) is 22.7 Å². The van der Waals surface area contributed by atoms with Gasteiger partial charge in [0.1, 0.15) is 0 Å². The summed E-state index contributed by atoms with van der Waals surface area (Å²) < 4.78 is 0. The molecule has 0 atom stereocenters. The summed E-state index contributed by atoms with van der Waals surface area (Å²) >= 11 is 0. The van der Waals surface area contributed by atoms with E-state index in [-0.39, 0.29) is 5.78 Å². The molecule has 1 heterocycles. The van der Waals surface area contributed by atoms with Crippen molar-refractivity contribution in [1.29, 1.82) is 0 Å². The van der Waals surface area contributed by atoms with E-state index in [2.05, 4.69) is 16.3 Å². The van der Waals surface area contributed by atoms with Gasteiger partial charge in [0.25, 0.3) is 0 Å². The Balaban J connectivity index is 2.22. The molecule has 0 radical (unpaired) electrons. The predicted molar refractivity (Wildman–Crippen MR) is 74.2 cm³/mol. The van der Waals surface area contributed by atoms with E-state index in [0.29, 0.717) is 0 Å². The number of para-hydroxylation sites is 3. The van der Waals surface area contributed by atoms with Gasteiger partial charge in [-0.2, -0.15) is 0 Å². The lowest BCUT2D eigenvalue weighted by Gasteiger charge is -2.31. The van der Waals surface area contributed by atoms with Gasteiger partial charge in [0, 0.05) is 12.6 Å². The number of anilines is 4. The Morgan fingerprint density at radius 3 is 2.56 bits per heavy atom. The minimum Gasteiger partial charge on any atom is -0.352 e. The monoisotopic (exact) mass is 238 g/mol. The molecular formula is C15H14N2O. The van der Waals surface area contributed by atoms with E-state index in [1.807, 2.05) is 43.4 Å². The standard InChI is InChI=1S/C15H14N2O/c1-10(18)11-6-5-9-14-15(11)16-12-7-3-4-8-13(12)17(14)2/h3-9,16H,1-2H3. The maximum atomic E-state index is 11.7. The molecule has 3 rings (SSSR count). The van der Waals surface area contributed by atoms with Crippen molar-refractivity contribution in [2.45, 2.75) is 6.92 Å². The molecule has 1 aliphatic rings. The molecule has 1 aliphatic heterocycles. The van der Waals surface area contributed by atoms with Crippen LogP contribution in [0.5, 0.6) is 0 Å². The lowest BCUT2D eigenvalue weighted by molar-refractivity contribution is 0.101. The van der Waals surface area contributed by atoms with E-state index in [9.17, 15) is 4.79 Å². The van der Waals surface area contributed by atoms with Crippen molar-refractivity contribution in [2.75, 3.05) is 17.3 Å². The van der Waals surface area contributed by atoms with Crippen LogP contribution in [-0.2, 0) is 0 Å². The van der Waals surface area contributed by atoms with Crippen LogP contribution in [0, 0.1) is 0 Å². The van der Waals surface area contributed by atoms with Crippen molar-refractivity contribution in [2.24, 2.45) is 0 Å². The number of nitrogens with zero attached hydrogens (tertiary/aromatic N) is 1. The van der Waals surface area contributed by atoms with Crippen LogP contribution in [0.15, 0.2) is 42.5 Å². The van der Waals surface area contributed by atoms with E-state index >= 15 is 0 Å². The number of fused-ring (bicyclic) bond motifs is 2. The Kier molecular flexibility index (Phi) is 2.33. The van der Waals surface area contributed by atoms with Crippen LogP contribution >= 0.6 is 0 Å². The summed E-state index contributed by atoms with van der Waals surface area (Å²) in [5.41, 5.74) is 4.80. The number of hydrogen-bond donors (Lipinski definition) is 1. The minimum atomic E-state index is 0.0760. The second kappa shape index (κ2) is 3.88. The fraction of sp³-hybridized carbons (Fsp3) is 0.133. The lowest BCUT2D eigenvalue weighted by Crippen LogP contribution is -2.19. The van der Waals surface area contributed by atoms with Crippen LogP contribution in [0.25, 0.3) is 0 Å². The first-order chi connectivity index (χ1) is 8.68. The Morgan fingerprint density at radius 2 is 1.78 bits per heavy atom. The van der Waals surface area contributed by atoms with Crippen molar-refractivity contribution in [3.63, 3.8) is 0 Å². The quantitative estimate of drug-likeness (QED) is 0.768. The van der Waals surface area contributed by atoms with Crippen LogP contribution < -0.4 is 10.2 Å². The fourth-order valence-electron chi connectivity index (χ4n) is 2.38. The molecule has 0 spiro atoms. The Labute approximate surface area is 106 Å². The molecular weight excluding hydrogens is 224 g/mol. The van der Waals surface area contributed by atoms with Gasteiger partial charge in [0.05, 0.1) is 22.7 Å². The van der Waals surface area contributed by atoms with Gasteiger partial charge in [-0.3, -0.25) is 4.79 Å². The molecule has 0 fully saturated rings. The van der Waals surface area contributed by atoms with Crippen LogP contribution in [0.2, 0.25) is 0 Å². The zero-order valence-electron chi connectivity index (χ0n) is 10.4. The number of rotatable bonds is 1. The predicted octanol–water partition coefficient (Wildman–Crippen LogP) is 3.71. The van der Waals surface area contributed by atoms with Gasteiger partial charge >= 0.3 is 0 Å².